The molecule has 0 saturated heterocycles. The fraction of sp³-hybridized carbons (Fsp3) is 0.250. The van der Waals surface area contributed by atoms with Crippen LogP contribution in [0, 0.1) is 6.92 Å². The van der Waals surface area contributed by atoms with Crippen molar-refractivity contribution in [1.82, 2.24) is 5.16 Å². The van der Waals surface area contributed by atoms with Crippen molar-refractivity contribution >= 4 is 5.88 Å². The summed E-state index contributed by atoms with van der Waals surface area (Å²) in [4.78, 5) is 0. The number of hydrogen-bond donors (Lipinski definition) is 1. The van der Waals surface area contributed by atoms with E-state index in [-0.39, 0.29) is 0 Å². The lowest BCUT2D eigenvalue weighted by Gasteiger charge is -2.11. The number of methoxy groups -OCH3 is 2. The van der Waals surface area contributed by atoms with Gasteiger partial charge in [0.1, 0.15) is 0 Å². The molecule has 0 saturated carbocycles. The van der Waals surface area contributed by atoms with Crippen LogP contribution in [-0.2, 0) is 0 Å². The van der Waals surface area contributed by atoms with Crippen molar-refractivity contribution < 1.29 is 14.0 Å². The largest absolute Gasteiger partial charge is 0.493 e. The maximum absolute atomic E-state index is 5.70. The van der Waals surface area contributed by atoms with E-state index in [4.69, 9.17) is 19.7 Å². The number of nitrogens with zero attached hydrogens (tertiary/aromatic N) is 1. The quantitative estimate of drug-likeness (QED) is 0.881. The number of nitrogen functional groups attached to an aromatic ring is 1. The molecule has 2 N–H and O–H groups in total. The first-order chi connectivity index (χ1) is 8.17. The molecule has 0 radical (unpaired) electrons. The van der Waals surface area contributed by atoms with Gasteiger partial charge < -0.3 is 19.7 Å². The van der Waals surface area contributed by atoms with Crippen LogP contribution in [0.3, 0.4) is 0 Å². The van der Waals surface area contributed by atoms with E-state index in [1.807, 2.05) is 19.1 Å². The molecule has 5 nitrogen and oxygen atoms in total. The third-order valence-corrected chi connectivity index (χ3v) is 2.62. The Labute approximate surface area is 99.1 Å². The molecule has 17 heavy (non-hydrogen) atoms. The molecule has 0 bridgehead atoms. The molecule has 0 atom stereocenters. The van der Waals surface area contributed by atoms with Crippen LogP contribution in [0.15, 0.2) is 22.9 Å². The zero-order valence-electron chi connectivity index (χ0n) is 9.98. The molecule has 0 aliphatic rings. The van der Waals surface area contributed by atoms with Gasteiger partial charge in [0.25, 0.3) is 0 Å². The fourth-order valence-electron chi connectivity index (χ4n) is 1.72. The van der Waals surface area contributed by atoms with Crippen LogP contribution in [0.5, 0.6) is 11.5 Å². The van der Waals surface area contributed by atoms with Gasteiger partial charge in [0.2, 0.25) is 5.88 Å². The number of hydrogen-bond acceptors (Lipinski definition) is 5. The predicted octanol–water partition coefficient (Wildman–Crippen LogP) is 2.25. The van der Waals surface area contributed by atoms with Crippen molar-refractivity contribution in [2.24, 2.45) is 0 Å². The summed E-state index contributed by atoms with van der Waals surface area (Å²) in [5.74, 6) is 1.62. The van der Waals surface area contributed by atoms with Gasteiger partial charge in [0.05, 0.1) is 26.0 Å². The zero-order valence-corrected chi connectivity index (χ0v) is 9.98. The maximum Gasteiger partial charge on any atom is 0.229 e. The van der Waals surface area contributed by atoms with E-state index in [0.717, 1.165) is 16.7 Å². The van der Waals surface area contributed by atoms with E-state index in [1.54, 1.807) is 20.4 Å². The second-order valence-electron chi connectivity index (χ2n) is 3.63. The molecular formula is C12H14N2O3. The Morgan fingerprint density at radius 3 is 2.29 bits per heavy atom. The zero-order chi connectivity index (χ0) is 12.4. The topological polar surface area (TPSA) is 70.5 Å². The molecule has 1 aromatic heterocycles. The van der Waals surface area contributed by atoms with E-state index in [9.17, 15) is 0 Å². The Hall–Kier alpha value is -2.17. The highest BCUT2D eigenvalue weighted by Crippen LogP contribution is 2.37. The van der Waals surface area contributed by atoms with Crippen LogP contribution < -0.4 is 15.2 Å². The van der Waals surface area contributed by atoms with Gasteiger partial charge in [-0.15, -0.1) is 0 Å². The van der Waals surface area contributed by atoms with Crippen molar-refractivity contribution in [3.8, 4) is 22.6 Å². The van der Waals surface area contributed by atoms with Crippen LogP contribution in [0.2, 0.25) is 0 Å². The van der Waals surface area contributed by atoms with Crippen LogP contribution in [0.25, 0.3) is 11.1 Å². The molecular weight excluding hydrogens is 220 g/mol. The van der Waals surface area contributed by atoms with Gasteiger partial charge in [-0.25, -0.2) is 0 Å². The Morgan fingerprint density at radius 1 is 1.12 bits per heavy atom. The van der Waals surface area contributed by atoms with Gasteiger partial charge in [-0.3, -0.25) is 0 Å². The third kappa shape index (κ3) is 1.91. The number of aromatic nitrogens is 1. The highest BCUT2D eigenvalue weighted by molar-refractivity contribution is 5.76. The summed E-state index contributed by atoms with van der Waals surface area (Å²) in [6.45, 7) is 1.96. The van der Waals surface area contributed by atoms with Crippen molar-refractivity contribution in [2.45, 2.75) is 6.92 Å². The normalized spacial score (nSPS) is 10.3. The van der Waals surface area contributed by atoms with E-state index in [0.29, 0.717) is 17.4 Å². The lowest BCUT2D eigenvalue weighted by molar-refractivity contribution is 0.355. The minimum atomic E-state index is 0.292. The van der Waals surface area contributed by atoms with Crippen LogP contribution in [0.1, 0.15) is 5.56 Å². The molecule has 90 valence electrons. The molecule has 2 aromatic rings. The minimum absolute atomic E-state index is 0.292. The van der Waals surface area contributed by atoms with Gasteiger partial charge in [-0.05, 0) is 30.2 Å². The van der Waals surface area contributed by atoms with Gasteiger partial charge in [-0.2, -0.15) is 0 Å². The summed E-state index contributed by atoms with van der Waals surface area (Å²) in [5, 5.41) is 3.67. The molecule has 1 aromatic carbocycles. The number of ether oxygens (including phenoxy) is 2. The average molecular weight is 234 g/mol. The SMILES string of the molecule is COc1cc(C)c(-c2cnoc2N)cc1OC. The van der Waals surface area contributed by atoms with Gasteiger partial charge in [-0.1, -0.05) is 5.16 Å². The highest BCUT2D eigenvalue weighted by Gasteiger charge is 2.14. The standard InChI is InChI=1S/C12H14N2O3/c1-7-4-10(15-2)11(16-3)5-8(7)9-6-14-17-12(9)13/h4-6H,13H2,1-3H3. The lowest BCUT2D eigenvalue weighted by Crippen LogP contribution is -1.94. The minimum Gasteiger partial charge on any atom is -0.493 e. The number of benzene rings is 1. The molecule has 1 heterocycles. The van der Waals surface area contributed by atoms with Crippen LogP contribution in [-0.4, -0.2) is 19.4 Å². The fourth-order valence-corrected chi connectivity index (χ4v) is 1.72. The van der Waals surface area contributed by atoms with E-state index < -0.39 is 0 Å². The first-order valence-electron chi connectivity index (χ1n) is 5.10. The molecule has 0 spiro atoms. The maximum atomic E-state index is 5.70. The number of aryl methyl sites for hydroxylation is 1. The number of nitrogens with two attached hydrogens (primary N) is 1. The monoisotopic (exact) mass is 234 g/mol. The number of rotatable bonds is 3. The molecule has 0 aliphatic carbocycles. The van der Waals surface area contributed by atoms with Gasteiger partial charge >= 0.3 is 0 Å². The first kappa shape index (κ1) is 11.3. The van der Waals surface area contributed by atoms with E-state index in [1.165, 1.54) is 0 Å². The molecule has 0 unspecified atom stereocenters. The summed E-state index contributed by atoms with van der Waals surface area (Å²) < 4.78 is 15.3. The summed E-state index contributed by atoms with van der Waals surface area (Å²) in [5.41, 5.74) is 8.39. The third-order valence-electron chi connectivity index (χ3n) is 2.62. The summed E-state index contributed by atoms with van der Waals surface area (Å²) >= 11 is 0. The summed E-state index contributed by atoms with van der Waals surface area (Å²) in [7, 11) is 3.19. The van der Waals surface area contributed by atoms with Crippen molar-refractivity contribution in [2.75, 3.05) is 20.0 Å². The van der Waals surface area contributed by atoms with E-state index >= 15 is 0 Å². The Bertz CT molecular complexity index is 535. The molecule has 5 heteroatoms. The second kappa shape index (κ2) is 4.37. The van der Waals surface area contributed by atoms with Gasteiger partial charge in [0.15, 0.2) is 11.5 Å². The number of anilines is 1. The lowest BCUT2D eigenvalue weighted by atomic mass is 10.0. The highest BCUT2D eigenvalue weighted by atomic mass is 16.5. The van der Waals surface area contributed by atoms with Crippen LogP contribution >= 0.6 is 0 Å². The van der Waals surface area contributed by atoms with Crippen LogP contribution in [0.4, 0.5) is 5.88 Å². The first-order valence-corrected chi connectivity index (χ1v) is 5.10. The molecule has 0 fully saturated rings. The summed E-state index contributed by atoms with van der Waals surface area (Å²) in [6, 6.07) is 3.75. The second-order valence-corrected chi connectivity index (χ2v) is 3.63. The van der Waals surface area contributed by atoms with Gasteiger partial charge in [0, 0.05) is 0 Å². The van der Waals surface area contributed by atoms with Crippen molar-refractivity contribution in [3.05, 3.63) is 23.9 Å². The predicted molar refractivity (Wildman–Crippen MR) is 64.2 cm³/mol. The van der Waals surface area contributed by atoms with Crippen molar-refractivity contribution in [3.63, 3.8) is 0 Å². The smallest absolute Gasteiger partial charge is 0.229 e. The Balaban J connectivity index is 2.59. The Kier molecular flexibility index (Phi) is 2.91. The van der Waals surface area contributed by atoms with Crippen molar-refractivity contribution in [1.29, 1.82) is 0 Å². The Morgan fingerprint density at radius 2 is 1.76 bits per heavy atom. The summed E-state index contributed by atoms with van der Waals surface area (Å²) in [6.07, 6.45) is 1.59. The molecule has 0 amide bonds. The van der Waals surface area contributed by atoms with E-state index in [2.05, 4.69) is 5.16 Å². The average Bonchev–Trinajstić information content (AvgIpc) is 2.75. The molecule has 2 rings (SSSR count). The molecule has 0 aliphatic heterocycles.